The third kappa shape index (κ3) is 5.79. The second-order valence-electron chi connectivity index (χ2n) is 6.06. The lowest BCUT2D eigenvalue weighted by molar-refractivity contribution is 0.524. The van der Waals surface area contributed by atoms with Gasteiger partial charge in [0.05, 0.1) is 22.2 Å². The number of aryl methyl sites for hydroxylation is 1. The van der Waals surface area contributed by atoms with Gasteiger partial charge in [-0.25, -0.2) is 9.98 Å². The molecule has 4 nitrogen and oxygen atoms in total. The molecular formula is C18H31BrN4. The molecule has 0 bridgehead atoms. The first-order chi connectivity index (χ1) is 10.9. The maximum absolute atomic E-state index is 4.81. The molecule has 0 spiro atoms. The van der Waals surface area contributed by atoms with Crippen LogP contribution >= 0.6 is 15.9 Å². The Kier molecular flexibility index (Phi) is 8.59. The number of rotatable bonds is 9. The Labute approximate surface area is 150 Å². The minimum absolute atomic E-state index is 0.536. The van der Waals surface area contributed by atoms with Gasteiger partial charge in [0.2, 0.25) is 0 Å². The van der Waals surface area contributed by atoms with Crippen molar-refractivity contribution in [3.05, 3.63) is 16.2 Å². The summed E-state index contributed by atoms with van der Waals surface area (Å²) >= 11 is 3.68. The molecule has 1 rings (SSSR count). The molecule has 23 heavy (non-hydrogen) atoms. The van der Waals surface area contributed by atoms with Crippen LogP contribution in [0.15, 0.2) is 15.5 Å². The van der Waals surface area contributed by atoms with Crippen molar-refractivity contribution in [1.29, 1.82) is 0 Å². The van der Waals surface area contributed by atoms with E-state index < -0.39 is 0 Å². The average Bonchev–Trinajstić information content (AvgIpc) is 2.54. The largest absolute Gasteiger partial charge is 0.366 e. The van der Waals surface area contributed by atoms with Gasteiger partial charge >= 0.3 is 0 Å². The van der Waals surface area contributed by atoms with Crippen molar-refractivity contribution < 1.29 is 0 Å². The van der Waals surface area contributed by atoms with E-state index in [-0.39, 0.29) is 0 Å². The summed E-state index contributed by atoms with van der Waals surface area (Å²) in [6, 6.07) is 2.61. The molecular weight excluding hydrogens is 352 g/mol. The summed E-state index contributed by atoms with van der Waals surface area (Å²) in [6.07, 6.45) is 6.63. The summed E-state index contributed by atoms with van der Waals surface area (Å²) in [7, 11) is 4.17. The molecule has 0 saturated heterocycles. The normalized spacial score (nSPS) is 11.5. The topological polar surface area (TPSA) is 31.7 Å². The summed E-state index contributed by atoms with van der Waals surface area (Å²) < 4.78 is 1.01. The Bertz CT molecular complexity index is 510. The van der Waals surface area contributed by atoms with Gasteiger partial charge in [-0.2, -0.15) is 0 Å². The zero-order valence-electron chi connectivity index (χ0n) is 15.4. The predicted molar refractivity (Wildman–Crippen MR) is 105 cm³/mol. The van der Waals surface area contributed by atoms with E-state index in [0.717, 1.165) is 28.2 Å². The smallest absolute Gasteiger partial charge is 0.143 e. The van der Waals surface area contributed by atoms with Gasteiger partial charge in [-0.3, -0.25) is 0 Å². The molecule has 1 aromatic heterocycles. The van der Waals surface area contributed by atoms with Crippen molar-refractivity contribution >= 4 is 33.8 Å². The van der Waals surface area contributed by atoms with Crippen molar-refractivity contribution in [2.24, 2.45) is 4.99 Å². The number of aliphatic imine (C=N–C) groups is 1. The monoisotopic (exact) mass is 382 g/mol. The minimum atomic E-state index is 0.536. The second kappa shape index (κ2) is 9.91. The highest BCUT2D eigenvalue weighted by molar-refractivity contribution is 9.10. The number of pyridine rings is 1. The molecule has 0 aromatic carbocycles. The lowest BCUT2D eigenvalue weighted by Gasteiger charge is -2.30. The summed E-state index contributed by atoms with van der Waals surface area (Å²) in [4.78, 5) is 13.7. The highest BCUT2D eigenvalue weighted by atomic mass is 79.9. The highest BCUT2D eigenvalue weighted by Crippen LogP contribution is 2.32. The number of halogens is 1. The molecule has 0 aliphatic rings. The zero-order chi connectivity index (χ0) is 17.4. The number of hydrogen-bond acceptors (Lipinski definition) is 3. The fraction of sp³-hybridized carbons (Fsp3) is 0.667. The van der Waals surface area contributed by atoms with Crippen LogP contribution in [-0.2, 0) is 0 Å². The molecule has 0 amide bonds. The predicted octanol–water partition coefficient (Wildman–Crippen LogP) is 5.17. The van der Waals surface area contributed by atoms with Crippen LogP contribution in [0.3, 0.4) is 0 Å². The minimum Gasteiger partial charge on any atom is -0.366 e. The number of hydrogen-bond donors (Lipinski definition) is 0. The van der Waals surface area contributed by atoms with Crippen molar-refractivity contribution in [1.82, 2.24) is 9.88 Å². The fourth-order valence-electron chi connectivity index (χ4n) is 2.55. The van der Waals surface area contributed by atoms with Crippen LogP contribution in [0.25, 0.3) is 0 Å². The lowest BCUT2D eigenvalue weighted by atomic mass is 10.1. The van der Waals surface area contributed by atoms with E-state index in [2.05, 4.69) is 59.7 Å². The van der Waals surface area contributed by atoms with Gasteiger partial charge in [0, 0.05) is 26.7 Å². The standard InChI is InChI=1S/C18H31BrN4/c1-7-10-15(11-8-2)23(6)18-16(19)12-17(14(4)21-18)20-13-22(5)9-3/h12-13,15H,7-11H2,1-6H3/b20-13+. The zero-order valence-corrected chi connectivity index (χ0v) is 17.0. The summed E-state index contributed by atoms with van der Waals surface area (Å²) in [5.41, 5.74) is 1.87. The van der Waals surface area contributed by atoms with Crippen molar-refractivity contribution in [3.8, 4) is 0 Å². The average molecular weight is 383 g/mol. The van der Waals surface area contributed by atoms with Gasteiger partial charge in [-0.1, -0.05) is 26.7 Å². The third-order valence-corrected chi connectivity index (χ3v) is 4.72. The SMILES string of the molecule is CCCC(CCC)N(C)c1nc(C)c(/N=C/N(C)CC)cc1Br. The number of anilines is 1. The van der Waals surface area contributed by atoms with E-state index in [1.54, 1.807) is 0 Å². The Morgan fingerprint density at radius 3 is 2.35 bits per heavy atom. The third-order valence-electron chi connectivity index (χ3n) is 4.14. The molecule has 0 aliphatic carbocycles. The molecule has 5 heteroatoms. The highest BCUT2D eigenvalue weighted by Gasteiger charge is 2.18. The van der Waals surface area contributed by atoms with Gasteiger partial charge in [-0.05, 0) is 48.7 Å². The van der Waals surface area contributed by atoms with Crippen LogP contribution in [0.2, 0.25) is 0 Å². The number of nitrogens with zero attached hydrogens (tertiary/aromatic N) is 4. The summed E-state index contributed by atoms with van der Waals surface area (Å²) in [6.45, 7) is 9.55. The van der Waals surface area contributed by atoms with Gasteiger partial charge < -0.3 is 9.80 Å². The lowest BCUT2D eigenvalue weighted by Crippen LogP contribution is -2.32. The van der Waals surface area contributed by atoms with Crippen molar-refractivity contribution in [3.63, 3.8) is 0 Å². The quantitative estimate of drug-likeness (QED) is 0.436. The van der Waals surface area contributed by atoms with Crippen LogP contribution in [0.5, 0.6) is 0 Å². The molecule has 0 unspecified atom stereocenters. The molecule has 0 saturated carbocycles. The Morgan fingerprint density at radius 1 is 1.22 bits per heavy atom. The van der Waals surface area contributed by atoms with E-state index >= 15 is 0 Å². The molecule has 1 heterocycles. The first kappa shape index (κ1) is 19.9. The van der Waals surface area contributed by atoms with E-state index in [1.165, 1.54) is 25.7 Å². The molecule has 0 N–H and O–H groups in total. The van der Waals surface area contributed by atoms with Crippen LogP contribution in [0.1, 0.15) is 52.1 Å². The van der Waals surface area contributed by atoms with Crippen LogP contribution in [-0.4, -0.2) is 42.9 Å². The number of aromatic nitrogens is 1. The molecule has 0 aliphatic heterocycles. The Hall–Kier alpha value is -1.10. The van der Waals surface area contributed by atoms with E-state index in [1.807, 2.05) is 25.2 Å². The van der Waals surface area contributed by atoms with Gasteiger partial charge in [0.25, 0.3) is 0 Å². The van der Waals surface area contributed by atoms with Crippen molar-refractivity contribution in [2.75, 3.05) is 25.5 Å². The van der Waals surface area contributed by atoms with Gasteiger partial charge in [-0.15, -0.1) is 0 Å². The molecule has 1 aromatic rings. The van der Waals surface area contributed by atoms with E-state index in [4.69, 9.17) is 4.98 Å². The first-order valence-electron chi connectivity index (χ1n) is 8.58. The van der Waals surface area contributed by atoms with Crippen LogP contribution in [0.4, 0.5) is 11.5 Å². The van der Waals surface area contributed by atoms with Gasteiger partial charge in [0.1, 0.15) is 5.82 Å². The molecule has 130 valence electrons. The Balaban J connectivity index is 3.05. The van der Waals surface area contributed by atoms with E-state index in [9.17, 15) is 0 Å². The first-order valence-corrected chi connectivity index (χ1v) is 9.38. The molecule has 0 atom stereocenters. The maximum Gasteiger partial charge on any atom is 0.143 e. The van der Waals surface area contributed by atoms with Crippen molar-refractivity contribution in [2.45, 2.75) is 59.4 Å². The maximum atomic E-state index is 4.81. The second-order valence-corrected chi connectivity index (χ2v) is 6.91. The molecule has 0 fully saturated rings. The van der Waals surface area contributed by atoms with Crippen LogP contribution < -0.4 is 4.90 Å². The van der Waals surface area contributed by atoms with E-state index in [0.29, 0.717) is 6.04 Å². The van der Waals surface area contributed by atoms with Crippen LogP contribution in [0, 0.1) is 6.92 Å². The summed E-state index contributed by atoms with van der Waals surface area (Å²) in [5.74, 6) is 1.01. The summed E-state index contributed by atoms with van der Waals surface area (Å²) in [5, 5.41) is 0. The Morgan fingerprint density at radius 2 is 1.83 bits per heavy atom. The fourth-order valence-corrected chi connectivity index (χ4v) is 3.14. The van der Waals surface area contributed by atoms with Gasteiger partial charge in [0.15, 0.2) is 0 Å². The molecule has 0 radical (unpaired) electrons.